The van der Waals surface area contributed by atoms with Crippen molar-refractivity contribution in [2.45, 2.75) is 37.4 Å². The van der Waals surface area contributed by atoms with Crippen molar-refractivity contribution in [3.05, 3.63) is 10.6 Å². The first kappa shape index (κ1) is 13.0. The van der Waals surface area contributed by atoms with Crippen molar-refractivity contribution in [2.24, 2.45) is 0 Å². The normalized spacial score (nSPS) is 20.6. The molecule has 1 atom stereocenters. The highest BCUT2D eigenvalue weighted by atomic mass is 79.9. The molecular formula is C11H16BrN3OS. The average Bonchev–Trinajstić information content (AvgIpc) is 2.77. The molecule has 17 heavy (non-hydrogen) atoms. The number of rotatable bonds is 3. The molecule has 0 radical (unpaired) electrons. The van der Waals surface area contributed by atoms with E-state index in [4.69, 9.17) is 0 Å². The highest BCUT2D eigenvalue weighted by molar-refractivity contribution is 9.09. The highest BCUT2D eigenvalue weighted by Gasteiger charge is 2.26. The Bertz CT molecular complexity index is 396. The first-order valence-corrected chi connectivity index (χ1v) is 7.65. The molecule has 4 nitrogen and oxygen atoms in total. The van der Waals surface area contributed by atoms with Crippen LogP contribution in [0.3, 0.4) is 0 Å². The second-order valence-corrected chi connectivity index (χ2v) is 6.34. The van der Waals surface area contributed by atoms with Gasteiger partial charge >= 0.3 is 0 Å². The van der Waals surface area contributed by atoms with Crippen LogP contribution in [-0.2, 0) is 6.42 Å². The second kappa shape index (κ2) is 5.91. The molecule has 1 aromatic rings. The molecule has 1 amide bonds. The molecule has 1 saturated heterocycles. The third-order valence-electron chi connectivity index (χ3n) is 2.89. The molecule has 1 fully saturated rings. The molecule has 0 aliphatic carbocycles. The first-order chi connectivity index (χ1) is 8.22. The van der Waals surface area contributed by atoms with E-state index in [2.05, 4.69) is 32.4 Å². The van der Waals surface area contributed by atoms with Gasteiger partial charge in [0.15, 0.2) is 0 Å². The number of aromatic nitrogens is 2. The van der Waals surface area contributed by atoms with Crippen molar-refractivity contribution >= 4 is 33.4 Å². The Kier molecular flexibility index (Phi) is 4.50. The summed E-state index contributed by atoms with van der Waals surface area (Å²) in [6, 6.07) is 0. The zero-order valence-corrected chi connectivity index (χ0v) is 12.3. The third-order valence-corrected chi connectivity index (χ3v) is 4.39. The number of likely N-dealkylation sites (tertiary alicyclic amines) is 1. The van der Waals surface area contributed by atoms with Gasteiger partial charge in [0.1, 0.15) is 4.88 Å². The minimum atomic E-state index is 0.104. The lowest BCUT2D eigenvalue weighted by molar-refractivity contribution is 0.0733. The molecule has 0 spiro atoms. The minimum Gasteiger partial charge on any atom is -0.337 e. The smallest absolute Gasteiger partial charge is 0.267 e. The summed E-state index contributed by atoms with van der Waals surface area (Å²) in [5, 5.41) is 4.05. The standard InChI is InChI=1S/C11H16BrN3OS/c1-2-4-9-10(17-14-13-9)11(16)15-6-3-5-8(12)7-15/h8H,2-7H2,1H3. The Morgan fingerprint density at radius 2 is 2.47 bits per heavy atom. The Labute approximate surface area is 114 Å². The Balaban J connectivity index is 2.10. The fourth-order valence-electron chi connectivity index (χ4n) is 2.02. The van der Waals surface area contributed by atoms with E-state index in [1.807, 2.05) is 4.90 Å². The van der Waals surface area contributed by atoms with Crippen LogP contribution in [0.5, 0.6) is 0 Å². The van der Waals surface area contributed by atoms with Crippen LogP contribution in [0, 0.1) is 0 Å². The van der Waals surface area contributed by atoms with Crippen LogP contribution in [-0.4, -0.2) is 38.3 Å². The molecule has 1 aliphatic heterocycles. The zero-order valence-electron chi connectivity index (χ0n) is 9.86. The monoisotopic (exact) mass is 317 g/mol. The van der Waals surface area contributed by atoms with Crippen molar-refractivity contribution in [2.75, 3.05) is 13.1 Å². The van der Waals surface area contributed by atoms with E-state index in [1.165, 1.54) is 11.5 Å². The van der Waals surface area contributed by atoms with Gasteiger partial charge in [0.05, 0.1) is 5.69 Å². The number of hydrogen-bond acceptors (Lipinski definition) is 4. The number of aryl methyl sites for hydroxylation is 1. The van der Waals surface area contributed by atoms with E-state index in [0.717, 1.165) is 49.3 Å². The van der Waals surface area contributed by atoms with E-state index < -0.39 is 0 Å². The summed E-state index contributed by atoms with van der Waals surface area (Å²) in [5.41, 5.74) is 0.860. The number of amides is 1. The molecule has 2 rings (SSSR count). The van der Waals surface area contributed by atoms with Gasteiger partial charge in [-0.2, -0.15) is 0 Å². The van der Waals surface area contributed by atoms with Gasteiger partial charge in [-0.15, -0.1) is 5.10 Å². The largest absolute Gasteiger partial charge is 0.337 e. The number of piperidine rings is 1. The third kappa shape index (κ3) is 3.04. The molecule has 1 aromatic heterocycles. The Hall–Kier alpha value is -0.490. The number of nitrogens with zero attached hydrogens (tertiary/aromatic N) is 3. The summed E-state index contributed by atoms with van der Waals surface area (Å²) in [6.45, 7) is 3.73. The molecule has 0 N–H and O–H groups in total. The molecule has 1 aliphatic rings. The van der Waals surface area contributed by atoms with Gasteiger partial charge in [-0.25, -0.2) is 0 Å². The topological polar surface area (TPSA) is 46.1 Å². The predicted molar refractivity (Wildman–Crippen MR) is 71.8 cm³/mol. The maximum atomic E-state index is 12.3. The zero-order chi connectivity index (χ0) is 12.3. The summed E-state index contributed by atoms with van der Waals surface area (Å²) in [5.74, 6) is 0.104. The second-order valence-electron chi connectivity index (χ2n) is 4.29. The van der Waals surface area contributed by atoms with Crippen molar-refractivity contribution in [3.8, 4) is 0 Å². The van der Waals surface area contributed by atoms with Crippen LogP contribution >= 0.6 is 27.5 Å². The lowest BCUT2D eigenvalue weighted by Gasteiger charge is -2.29. The Morgan fingerprint density at radius 3 is 3.18 bits per heavy atom. The molecule has 0 saturated carbocycles. The van der Waals surface area contributed by atoms with Gasteiger partial charge in [0.25, 0.3) is 5.91 Å². The lowest BCUT2D eigenvalue weighted by atomic mass is 10.1. The number of hydrogen-bond donors (Lipinski definition) is 0. The summed E-state index contributed by atoms with van der Waals surface area (Å²) >= 11 is 4.81. The lowest BCUT2D eigenvalue weighted by Crippen LogP contribution is -2.40. The summed E-state index contributed by atoms with van der Waals surface area (Å²) in [6.07, 6.45) is 4.04. The fourth-order valence-corrected chi connectivity index (χ4v) is 3.37. The molecule has 1 unspecified atom stereocenters. The summed E-state index contributed by atoms with van der Waals surface area (Å²) in [4.78, 5) is 15.4. The van der Waals surface area contributed by atoms with Gasteiger partial charge < -0.3 is 4.90 Å². The number of alkyl halides is 1. The summed E-state index contributed by atoms with van der Waals surface area (Å²) in [7, 11) is 0. The van der Waals surface area contributed by atoms with E-state index in [9.17, 15) is 4.79 Å². The molecule has 0 aromatic carbocycles. The van der Waals surface area contributed by atoms with E-state index in [1.54, 1.807) is 0 Å². The van der Waals surface area contributed by atoms with Crippen molar-refractivity contribution in [3.63, 3.8) is 0 Å². The molecule has 0 bridgehead atoms. The van der Waals surface area contributed by atoms with Crippen molar-refractivity contribution in [1.29, 1.82) is 0 Å². The molecule has 2 heterocycles. The number of halogens is 1. The number of carbonyl (C=O) groups excluding carboxylic acids is 1. The van der Waals surface area contributed by atoms with E-state index in [0.29, 0.717) is 4.83 Å². The maximum Gasteiger partial charge on any atom is 0.267 e. The highest BCUT2D eigenvalue weighted by Crippen LogP contribution is 2.21. The molecule has 6 heteroatoms. The van der Waals surface area contributed by atoms with Crippen LogP contribution in [0.25, 0.3) is 0 Å². The van der Waals surface area contributed by atoms with Gasteiger partial charge in [-0.1, -0.05) is 33.8 Å². The van der Waals surface area contributed by atoms with Crippen LogP contribution in [0.2, 0.25) is 0 Å². The van der Waals surface area contributed by atoms with Gasteiger partial charge in [0, 0.05) is 17.9 Å². The summed E-state index contributed by atoms with van der Waals surface area (Å²) < 4.78 is 3.91. The van der Waals surface area contributed by atoms with Gasteiger partial charge in [-0.05, 0) is 30.8 Å². The van der Waals surface area contributed by atoms with Crippen LogP contribution in [0.15, 0.2) is 0 Å². The molecule has 94 valence electrons. The van der Waals surface area contributed by atoms with E-state index >= 15 is 0 Å². The SMILES string of the molecule is CCCc1nnsc1C(=O)N1CCCC(Br)C1. The van der Waals surface area contributed by atoms with Gasteiger partial charge in [-0.3, -0.25) is 4.79 Å². The fraction of sp³-hybridized carbons (Fsp3) is 0.727. The Morgan fingerprint density at radius 1 is 1.65 bits per heavy atom. The van der Waals surface area contributed by atoms with Crippen LogP contribution < -0.4 is 0 Å². The van der Waals surface area contributed by atoms with Gasteiger partial charge in [0.2, 0.25) is 0 Å². The van der Waals surface area contributed by atoms with Crippen LogP contribution in [0.1, 0.15) is 41.6 Å². The maximum absolute atomic E-state index is 12.3. The van der Waals surface area contributed by atoms with E-state index in [-0.39, 0.29) is 5.91 Å². The quantitative estimate of drug-likeness (QED) is 0.805. The number of carbonyl (C=O) groups is 1. The minimum absolute atomic E-state index is 0.104. The average molecular weight is 318 g/mol. The van der Waals surface area contributed by atoms with Crippen molar-refractivity contribution < 1.29 is 4.79 Å². The van der Waals surface area contributed by atoms with Crippen molar-refractivity contribution in [1.82, 2.24) is 14.5 Å². The molecular weight excluding hydrogens is 302 g/mol. The predicted octanol–water partition coefficient (Wildman–Crippen LogP) is 2.49. The first-order valence-electron chi connectivity index (χ1n) is 5.97. The van der Waals surface area contributed by atoms with Crippen LogP contribution in [0.4, 0.5) is 0 Å².